The van der Waals surface area contributed by atoms with E-state index in [9.17, 15) is 18.5 Å². The van der Waals surface area contributed by atoms with E-state index in [1.54, 1.807) is 26.2 Å². The van der Waals surface area contributed by atoms with Crippen molar-refractivity contribution in [2.24, 2.45) is 0 Å². The highest BCUT2D eigenvalue weighted by atomic mass is 32.2. The third-order valence-electron chi connectivity index (χ3n) is 5.41. The third-order valence-corrected chi connectivity index (χ3v) is 6.93. The first-order valence-corrected chi connectivity index (χ1v) is 10.8. The molecule has 1 aliphatic carbocycles. The van der Waals surface area contributed by atoms with Gasteiger partial charge in [-0.15, -0.1) is 0 Å². The SMILES string of the molecule is COc1ccc(NS(=O)(=O)c2ccc([N+](=O)[O-])cc2C)c2c1CC(N(C)C)CC2. The highest BCUT2D eigenvalue weighted by Gasteiger charge is 2.27. The standard InChI is InChI=1S/C20H25N3O5S/c1-13-11-15(23(24)25)6-10-20(13)29(26,27)21-18-8-9-19(28-4)17-12-14(22(2)3)5-7-16(17)18/h6,8-11,14,21H,5,7,12H2,1-4H3. The Morgan fingerprint density at radius 3 is 2.52 bits per heavy atom. The molecule has 0 radical (unpaired) electrons. The largest absolute Gasteiger partial charge is 0.496 e. The Labute approximate surface area is 170 Å². The van der Waals surface area contributed by atoms with E-state index in [4.69, 9.17) is 4.74 Å². The molecular formula is C20H25N3O5S. The molecule has 1 atom stereocenters. The summed E-state index contributed by atoms with van der Waals surface area (Å²) in [5.74, 6) is 0.751. The second kappa shape index (κ2) is 8.00. The van der Waals surface area contributed by atoms with Gasteiger partial charge in [0.1, 0.15) is 5.75 Å². The van der Waals surface area contributed by atoms with Crippen molar-refractivity contribution in [1.82, 2.24) is 4.90 Å². The van der Waals surface area contributed by atoms with Crippen LogP contribution < -0.4 is 9.46 Å². The number of nitro groups is 1. The number of nitro benzene ring substituents is 1. The Morgan fingerprint density at radius 1 is 1.21 bits per heavy atom. The number of nitrogens with one attached hydrogen (secondary N) is 1. The number of anilines is 1. The number of hydrogen-bond acceptors (Lipinski definition) is 6. The van der Waals surface area contributed by atoms with Gasteiger partial charge in [-0.3, -0.25) is 14.8 Å². The van der Waals surface area contributed by atoms with Crippen LogP contribution in [0.15, 0.2) is 35.2 Å². The monoisotopic (exact) mass is 419 g/mol. The molecule has 0 aliphatic heterocycles. The maximum Gasteiger partial charge on any atom is 0.269 e. The minimum atomic E-state index is -3.89. The average Bonchev–Trinajstić information content (AvgIpc) is 2.67. The van der Waals surface area contributed by atoms with Crippen LogP contribution in [0.25, 0.3) is 0 Å². The third kappa shape index (κ3) is 4.20. The molecule has 0 saturated carbocycles. The molecule has 1 unspecified atom stereocenters. The lowest BCUT2D eigenvalue weighted by atomic mass is 9.86. The van der Waals surface area contributed by atoms with Crippen molar-refractivity contribution in [3.8, 4) is 5.75 Å². The summed E-state index contributed by atoms with van der Waals surface area (Å²) in [7, 11) is 1.78. The Bertz CT molecular complexity index is 1050. The first-order chi connectivity index (χ1) is 13.6. The van der Waals surface area contributed by atoms with E-state index in [0.717, 1.165) is 36.1 Å². The fraction of sp³-hybridized carbons (Fsp3) is 0.400. The number of non-ortho nitro benzene ring substituents is 1. The van der Waals surface area contributed by atoms with E-state index < -0.39 is 14.9 Å². The summed E-state index contributed by atoms with van der Waals surface area (Å²) >= 11 is 0. The van der Waals surface area contributed by atoms with Crippen LogP contribution in [0.2, 0.25) is 0 Å². The van der Waals surface area contributed by atoms with Crippen LogP contribution in [0.4, 0.5) is 11.4 Å². The topological polar surface area (TPSA) is 102 Å². The molecule has 0 fully saturated rings. The molecule has 1 aliphatic rings. The van der Waals surface area contributed by atoms with Crippen LogP contribution >= 0.6 is 0 Å². The molecule has 156 valence electrons. The van der Waals surface area contributed by atoms with Crippen molar-refractivity contribution in [3.63, 3.8) is 0 Å². The molecule has 29 heavy (non-hydrogen) atoms. The lowest BCUT2D eigenvalue weighted by Crippen LogP contribution is -2.34. The molecule has 2 aromatic carbocycles. The Hall–Kier alpha value is -2.65. The molecule has 3 rings (SSSR count). The summed E-state index contributed by atoms with van der Waals surface area (Å²) in [6, 6.07) is 7.59. The highest BCUT2D eigenvalue weighted by Crippen LogP contribution is 2.37. The minimum absolute atomic E-state index is 0.0228. The average molecular weight is 420 g/mol. The summed E-state index contributed by atoms with van der Waals surface area (Å²) in [4.78, 5) is 12.6. The van der Waals surface area contributed by atoms with Gasteiger partial charge in [0, 0.05) is 23.7 Å². The van der Waals surface area contributed by atoms with Gasteiger partial charge in [0.05, 0.1) is 22.6 Å². The van der Waals surface area contributed by atoms with E-state index in [-0.39, 0.29) is 10.6 Å². The van der Waals surface area contributed by atoms with Gasteiger partial charge >= 0.3 is 0 Å². The van der Waals surface area contributed by atoms with E-state index >= 15 is 0 Å². The molecule has 9 heteroatoms. The minimum Gasteiger partial charge on any atom is -0.496 e. The van der Waals surface area contributed by atoms with Crippen molar-refractivity contribution in [3.05, 3.63) is 57.1 Å². The maximum atomic E-state index is 13.0. The number of rotatable bonds is 6. The molecule has 0 amide bonds. The molecule has 0 aromatic heterocycles. The van der Waals surface area contributed by atoms with Crippen molar-refractivity contribution in [2.45, 2.75) is 37.1 Å². The van der Waals surface area contributed by atoms with E-state index in [2.05, 4.69) is 9.62 Å². The summed E-state index contributed by atoms with van der Waals surface area (Å²) in [5.41, 5.74) is 2.65. The first kappa shape index (κ1) is 21.1. The second-order valence-corrected chi connectivity index (χ2v) is 9.10. The van der Waals surface area contributed by atoms with Gasteiger partial charge in [0.15, 0.2) is 0 Å². The number of fused-ring (bicyclic) bond motifs is 1. The number of methoxy groups -OCH3 is 1. The van der Waals surface area contributed by atoms with E-state index in [0.29, 0.717) is 17.3 Å². The number of ether oxygens (including phenoxy) is 1. The Balaban J connectivity index is 1.98. The zero-order valence-corrected chi connectivity index (χ0v) is 17.7. The van der Waals surface area contributed by atoms with Gasteiger partial charge in [-0.05, 0) is 69.6 Å². The summed E-state index contributed by atoms with van der Waals surface area (Å²) in [5, 5.41) is 10.9. The fourth-order valence-corrected chi connectivity index (χ4v) is 5.13. The van der Waals surface area contributed by atoms with Crippen LogP contribution in [0, 0.1) is 17.0 Å². The van der Waals surface area contributed by atoms with Crippen LogP contribution in [0.1, 0.15) is 23.1 Å². The van der Waals surface area contributed by atoms with E-state index in [1.807, 2.05) is 14.1 Å². The normalized spacial score (nSPS) is 16.4. The van der Waals surface area contributed by atoms with Gasteiger partial charge in [-0.1, -0.05) is 0 Å². The number of sulfonamides is 1. The van der Waals surface area contributed by atoms with Crippen molar-refractivity contribution < 1.29 is 18.1 Å². The summed E-state index contributed by atoms with van der Waals surface area (Å²) < 4.78 is 34.2. The van der Waals surface area contributed by atoms with Crippen molar-refractivity contribution in [1.29, 1.82) is 0 Å². The molecule has 0 spiro atoms. The van der Waals surface area contributed by atoms with Gasteiger partial charge < -0.3 is 9.64 Å². The maximum absolute atomic E-state index is 13.0. The predicted molar refractivity (Wildman–Crippen MR) is 111 cm³/mol. The van der Waals surface area contributed by atoms with Gasteiger partial charge in [0.2, 0.25) is 0 Å². The van der Waals surface area contributed by atoms with Crippen LogP contribution in [0.5, 0.6) is 5.75 Å². The molecule has 0 bridgehead atoms. The van der Waals surface area contributed by atoms with Gasteiger partial charge in [0.25, 0.3) is 15.7 Å². The molecule has 8 nitrogen and oxygen atoms in total. The van der Waals surface area contributed by atoms with Crippen molar-refractivity contribution >= 4 is 21.4 Å². The molecular weight excluding hydrogens is 394 g/mol. The summed E-state index contributed by atoms with van der Waals surface area (Å²) in [6.07, 6.45) is 2.42. The number of aryl methyl sites for hydroxylation is 1. The summed E-state index contributed by atoms with van der Waals surface area (Å²) in [6.45, 7) is 1.55. The first-order valence-electron chi connectivity index (χ1n) is 9.27. The smallest absolute Gasteiger partial charge is 0.269 e. The zero-order valence-electron chi connectivity index (χ0n) is 16.9. The fourth-order valence-electron chi connectivity index (χ4n) is 3.81. The molecule has 0 saturated heterocycles. The molecule has 0 heterocycles. The lowest BCUT2D eigenvalue weighted by molar-refractivity contribution is -0.385. The van der Waals surface area contributed by atoms with Gasteiger partial charge in [-0.25, -0.2) is 8.42 Å². The number of nitrogens with zero attached hydrogens (tertiary/aromatic N) is 2. The Kier molecular flexibility index (Phi) is 5.81. The van der Waals surface area contributed by atoms with Crippen LogP contribution in [0.3, 0.4) is 0 Å². The molecule has 1 N–H and O–H groups in total. The lowest BCUT2D eigenvalue weighted by Gasteiger charge is -2.32. The number of likely N-dealkylation sites (N-methyl/N-ethyl adjacent to an activating group) is 1. The Morgan fingerprint density at radius 2 is 1.93 bits per heavy atom. The highest BCUT2D eigenvalue weighted by molar-refractivity contribution is 7.92. The zero-order chi connectivity index (χ0) is 21.3. The second-order valence-electron chi connectivity index (χ2n) is 7.45. The number of benzene rings is 2. The van der Waals surface area contributed by atoms with Gasteiger partial charge in [-0.2, -0.15) is 0 Å². The van der Waals surface area contributed by atoms with Crippen molar-refractivity contribution in [2.75, 3.05) is 25.9 Å². The van der Waals surface area contributed by atoms with Crippen LogP contribution in [-0.2, 0) is 22.9 Å². The number of hydrogen-bond donors (Lipinski definition) is 1. The van der Waals surface area contributed by atoms with E-state index in [1.165, 1.54) is 18.2 Å². The quantitative estimate of drug-likeness (QED) is 0.570. The van der Waals surface area contributed by atoms with Crippen LogP contribution in [-0.4, -0.2) is 45.5 Å². The predicted octanol–water partition coefficient (Wildman–Crippen LogP) is 3.13. The molecule has 2 aromatic rings.